The van der Waals surface area contributed by atoms with Crippen molar-refractivity contribution in [3.05, 3.63) is 66.1 Å². The number of halogens is 1. The van der Waals surface area contributed by atoms with Gasteiger partial charge in [-0.25, -0.2) is 14.1 Å². The van der Waals surface area contributed by atoms with Crippen LogP contribution in [0, 0.1) is 11.0 Å². The summed E-state index contributed by atoms with van der Waals surface area (Å²) in [6, 6.07) is 8.00. The van der Waals surface area contributed by atoms with E-state index in [4.69, 9.17) is 0 Å². The summed E-state index contributed by atoms with van der Waals surface area (Å²) in [6.45, 7) is 0. The molecule has 8 heteroatoms. The maximum Gasteiger partial charge on any atom is 0.392 e. The van der Waals surface area contributed by atoms with Crippen LogP contribution < -0.4 is 10.0 Å². The van der Waals surface area contributed by atoms with E-state index in [1.54, 1.807) is 47.4 Å². The number of aromatic nitrogens is 5. The lowest BCUT2D eigenvalue weighted by Gasteiger charge is -2.14. The van der Waals surface area contributed by atoms with Gasteiger partial charge in [0.2, 0.25) is 0 Å². The van der Waals surface area contributed by atoms with Crippen LogP contribution in [-0.4, -0.2) is 25.4 Å². The highest BCUT2D eigenvalue weighted by Gasteiger charge is 2.28. The number of fused-ring (bicyclic) bond motifs is 1. The van der Waals surface area contributed by atoms with Gasteiger partial charge in [0.25, 0.3) is 0 Å². The Morgan fingerprint density at radius 1 is 1.15 bits per heavy atom. The Morgan fingerprint density at radius 2 is 1.96 bits per heavy atom. The highest BCUT2D eigenvalue weighted by molar-refractivity contribution is 5.79. The van der Waals surface area contributed by atoms with E-state index < -0.39 is 0 Å². The van der Waals surface area contributed by atoms with E-state index >= 15 is 0 Å². The molecule has 0 saturated heterocycles. The van der Waals surface area contributed by atoms with Crippen LogP contribution in [-0.2, 0) is 0 Å². The Hall–Kier alpha value is -3.55. The van der Waals surface area contributed by atoms with Crippen LogP contribution in [0.4, 0.5) is 10.3 Å². The molecule has 4 aromatic rings. The van der Waals surface area contributed by atoms with E-state index in [2.05, 4.69) is 20.3 Å². The van der Waals surface area contributed by atoms with Crippen molar-refractivity contribution in [2.24, 2.45) is 0 Å². The number of anilines is 1. The number of nitrogens with one attached hydrogen (secondary N) is 1. The minimum Gasteiger partial charge on any atom is -0.740 e. The molecule has 1 aromatic carbocycles. The normalized spacial score (nSPS) is 13.8. The zero-order valence-electron chi connectivity index (χ0n) is 14.2. The largest absolute Gasteiger partial charge is 0.740 e. The monoisotopic (exact) mass is 362 g/mol. The van der Waals surface area contributed by atoms with Gasteiger partial charge in [0, 0.05) is 24.0 Å². The Balaban J connectivity index is 1.75. The quantitative estimate of drug-likeness (QED) is 0.446. The first-order valence-corrected chi connectivity index (χ1v) is 8.64. The smallest absolute Gasteiger partial charge is 0.392 e. The molecule has 0 spiro atoms. The molecule has 1 aliphatic rings. The molecule has 0 aliphatic heterocycles. The Labute approximate surface area is 153 Å². The lowest BCUT2D eigenvalue weighted by atomic mass is 10.1. The van der Waals surface area contributed by atoms with Gasteiger partial charge in [0.15, 0.2) is 5.65 Å². The second kappa shape index (κ2) is 6.01. The van der Waals surface area contributed by atoms with E-state index in [0.29, 0.717) is 34.3 Å². The topological polar surface area (TPSA) is 82.0 Å². The summed E-state index contributed by atoms with van der Waals surface area (Å²) in [5.74, 6) is -0.0616. The third kappa shape index (κ3) is 2.75. The standard InChI is InChI=1S/C19H15FN6O/c20-13-3-1-12(2-4-13)17-18(25-10-9-21-11-16(25)24-17)15-7-8-22-19(26(15)27)23-14-5-6-14/h1-4,7-11,14H,5-6H2,(H,22,23). The van der Waals surface area contributed by atoms with Crippen LogP contribution in [0.1, 0.15) is 12.8 Å². The molecule has 1 aliphatic carbocycles. The van der Waals surface area contributed by atoms with Crippen LogP contribution >= 0.6 is 0 Å². The molecule has 27 heavy (non-hydrogen) atoms. The minimum absolute atomic E-state index is 0.268. The highest BCUT2D eigenvalue weighted by atomic mass is 19.1. The molecule has 0 radical (unpaired) electrons. The number of rotatable bonds is 4. The number of hydrogen-bond donors (Lipinski definition) is 1. The van der Waals surface area contributed by atoms with Crippen LogP contribution in [0.25, 0.3) is 28.3 Å². The summed E-state index contributed by atoms with van der Waals surface area (Å²) in [5.41, 5.74) is 2.90. The Morgan fingerprint density at radius 3 is 2.74 bits per heavy atom. The first-order valence-electron chi connectivity index (χ1n) is 8.64. The molecule has 1 fully saturated rings. The van der Waals surface area contributed by atoms with Gasteiger partial charge in [-0.15, -0.1) is 0 Å². The summed E-state index contributed by atoms with van der Waals surface area (Å²) in [4.78, 5) is 12.9. The van der Waals surface area contributed by atoms with Gasteiger partial charge in [-0.2, -0.15) is 0 Å². The van der Waals surface area contributed by atoms with Gasteiger partial charge in [0.1, 0.15) is 29.1 Å². The maximum absolute atomic E-state index is 13.4. The van der Waals surface area contributed by atoms with Crippen molar-refractivity contribution in [3.63, 3.8) is 0 Å². The van der Waals surface area contributed by atoms with E-state index in [1.165, 1.54) is 12.1 Å². The highest BCUT2D eigenvalue weighted by Crippen LogP contribution is 2.31. The predicted octanol–water partition coefficient (Wildman–Crippen LogP) is 2.81. The molecule has 1 saturated carbocycles. The SMILES string of the molecule is [O-][n+]1c(-c2c(-c3ccc(F)cc3)nc3cnccn23)ccnc1NC1CC1. The van der Waals surface area contributed by atoms with Crippen molar-refractivity contribution in [2.45, 2.75) is 18.9 Å². The fourth-order valence-electron chi connectivity index (χ4n) is 3.05. The van der Waals surface area contributed by atoms with Gasteiger partial charge in [-0.1, -0.05) is 4.98 Å². The van der Waals surface area contributed by atoms with Crippen molar-refractivity contribution < 1.29 is 9.12 Å². The van der Waals surface area contributed by atoms with E-state index in [0.717, 1.165) is 17.6 Å². The number of hydrogen-bond acceptors (Lipinski definition) is 5. The number of nitrogens with zero attached hydrogens (tertiary/aromatic N) is 5. The van der Waals surface area contributed by atoms with Crippen molar-refractivity contribution in [1.82, 2.24) is 19.4 Å². The molecule has 3 heterocycles. The number of benzene rings is 1. The lowest BCUT2D eigenvalue weighted by molar-refractivity contribution is -0.581. The molecule has 0 amide bonds. The van der Waals surface area contributed by atoms with E-state index in [1.807, 2.05) is 0 Å². The zero-order chi connectivity index (χ0) is 18.4. The molecule has 5 rings (SSSR count). The van der Waals surface area contributed by atoms with Crippen LogP contribution in [0.2, 0.25) is 0 Å². The van der Waals surface area contributed by atoms with E-state index in [-0.39, 0.29) is 11.8 Å². The second-order valence-electron chi connectivity index (χ2n) is 6.49. The van der Waals surface area contributed by atoms with Crippen LogP contribution in [0.3, 0.4) is 0 Å². The van der Waals surface area contributed by atoms with Crippen LogP contribution in [0.15, 0.2) is 55.1 Å². The predicted molar refractivity (Wildman–Crippen MR) is 97.2 cm³/mol. The summed E-state index contributed by atoms with van der Waals surface area (Å²) < 4.78 is 16.0. The average molecular weight is 362 g/mol. The summed E-state index contributed by atoms with van der Waals surface area (Å²) in [6.07, 6.45) is 8.67. The summed E-state index contributed by atoms with van der Waals surface area (Å²) >= 11 is 0. The Kier molecular flexibility index (Phi) is 3.49. The third-order valence-corrected chi connectivity index (χ3v) is 4.54. The zero-order valence-corrected chi connectivity index (χ0v) is 14.2. The third-order valence-electron chi connectivity index (χ3n) is 4.54. The Bertz CT molecular complexity index is 1140. The van der Waals surface area contributed by atoms with Crippen molar-refractivity contribution >= 4 is 11.6 Å². The van der Waals surface area contributed by atoms with Crippen molar-refractivity contribution in [1.29, 1.82) is 0 Å². The second-order valence-corrected chi connectivity index (χ2v) is 6.49. The average Bonchev–Trinajstić information content (AvgIpc) is 3.42. The van der Waals surface area contributed by atoms with Gasteiger partial charge in [-0.3, -0.25) is 14.7 Å². The van der Waals surface area contributed by atoms with Crippen molar-refractivity contribution in [3.8, 4) is 22.6 Å². The molecule has 3 aromatic heterocycles. The summed E-state index contributed by atoms with van der Waals surface area (Å²) in [7, 11) is 0. The first-order chi connectivity index (χ1) is 13.2. The van der Waals surface area contributed by atoms with Gasteiger partial charge < -0.3 is 5.21 Å². The number of imidazole rings is 1. The van der Waals surface area contributed by atoms with Gasteiger partial charge in [0.05, 0.1) is 12.2 Å². The molecular weight excluding hydrogens is 347 g/mol. The lowest BCUT2D eigenvalue weighted by Crippen LogP contribution is -2.35. The summed E-state index contributed by atoms with van der Waals surface area (Å²) in [5, 5.41) is 16.1. The minimum atomic E-state index is -0.329. The molecule has 0 bridgehead atoms. The van der Waals surface area contributed by atoms with Gasteiger partial charge >= 0.3 is 5.95 Å². The van der Waals surface area contributed by atoms with Gasteiger partial charge in [-0.05, 0) is 37.1 Å². The maximum atomic E-state index is 13.4. The fraction of sp³-hybridized carbons (Fsp3) is 0.158. The van der Waals surface area contributed by atoms with Crippen LogP contribution in [0.5, 0.6) is 0 Å². The molecule has 0 unspecified atom stereocenters. The molecule has 134 valence electrons. The molecule has 1 N–H and O–H groups in total. The fourth-order valence-corrected chi connectivity index (χ4v) is 3.05. The first kappa shape index (κ1) is 15.7. The molecule has 0 atom stereocenters. The molecule has 7 nitrogen and oxygen atoms in total. The van der Waals surface area contributed by atoms with Crippen molar-refractivity contribution in [2.75, 3.05) is 5.32 Å². The molecular formula is C19H15FN6O. The van der Waals surface area contributed by atoms with E-state index in [9.17, 15) is 9.60 Å².